The van der Waals surface area contributed by atoms with Gasteiger partial charge < -0.3 is 20.2 Å². The molecule has 2 heterocycles. The van der Waals surface area contributed by atoms with E-state index in [0.29, 0.717) is 16.0 Å². The van der Waals surface area contributed by atoms with Crippen molar-refractivity contribution < 1.29 is 14.7 Å². The lowest BCUT2D eigenvalue weighted by atomic mass is 10.0. The molecule has 0 bridgehead atoms. The standard InChI is InChI=1S/C26H29N3O3S/c1-18-7-9-19(10-8-18)22(31)17-20-5-3-6-21(30)25(20)27-26(32)23-11-12-24(33-23)29-14-4-13-28(2)15-16-29/h3,5-12,30H,4,13-17H2,1-2H3,(H,27,32). The third kappa shape index (κ3) is 5.61. The predicted molar refractivity (Wildman–Crippen MR) is 134 cm³/mol. The van der Waals surface area contributed by atoms with Gasteiger partial charge in [-0.25, -0.2) is 0 Å². The maximum atomic E-state index is 13.0. The number of aromatic hydroxyl groups is 1. The minimum atomic E-state index is -0.288. The van der Waals surface area contributed by atoms with Gasteiger partial charge in [0.25, 0.3) is 5.91 Å². The van der Waals surface area contributed by atoms with E-state index in [-0.39, 0.29) is 29.5 Å². The SMILES string of the molecule is Cc1ccc(C(=O)Cc2cccc(O)c2NC(=O)c2ccc(N3CCCN(C)CC3)s2)cc1. The van der Waals surface area contributed by atoms with Crippen molar-refractivity contribution in [3.05, 3.63) is 76.2 Å². The summed E-state index contributed by atoms with van der Waals surface area (Å²) < 4.78 is 0. The van der Waals surface area contributed by atoms with Gasteiger partial charge >= 0.3 is 0 Å². The van der Waals surface area contributed by atoms with Crippen molar-refractivity contribution in [1.29, 1.82) is 0 Å². The average Bonchev–Trinajstić information content (AvgIpc) is 3.19. The van der Waals surface area contributed by atoms with Gasteiger partial charge in [-0.2, -0.15) is 0 Å². The summed E-state index contributed by atoms with van der Waals surface area (Å²) in [5.41, 5.74) is 2.56. The van der Waals surface area contributed by atoms with Gasteiger partial charge in [0.05, 0.1) is 15.6 Å². The second kappa shape index (κ2) is 10.2. The van der Waals surface area contributed by atoms with Crippen LogP contribution in [0.3, 0.4) is 0 Å². The molecule has 0 unspecified atom stereocenters. The van der Waals surface area contributed by atoms with E-state index in [1.54, 1.807) is 24.3 Å². The first kappa shape index (κ1) is 23.0. The molecular formula is C26H29N3O3S. The number of nitrogens with one attached hydrogen (secondary N) is 1. The normalized spacial score (nSPS) is 14.7. The summed E-state index contributed by atoms with van der Waals surface area (Å²) in [7, 11) is 2.13. The van der Waals surface area contributed by atoms with Crippen molar-refractivity contribution in [3.8, 4) is 5.75 Å². The van der Waals surface area contributed by atoms with E-state index >= 15 is 0 Å². The molecule has 0 spiro atoms. The van der Waals surface area contributed by atoms with Gasteiger partial charge in [-0.1, -0.05) is 42.0 Å². The van der Waals surface area contributed by atoms with E-state index < -0.39 is 0 Å². The highest BCUT2D eigenvalue weighted by Crippen LogP contribution is 2.31. The summed E-state index contributed by atoms with van der Waals surface area (Å²) in [4.78, 5) is 31.0. The van der Waals surface area contributed by atoms with Crippen LogP contribution in [-0.4, -0.2) is 54.9 Å². The number of rotatable bonds is 6. The van der Waals surface area contributed by atoms with E-state index in [4.69, 9.17) is 0 Å². The van der Waals surface area contributed by atoms with Crippen molar-refractivity contribution in [2.75, 3.05) is 43.4 Å². The largest absolute Gasteiger partial charge is 0.506 e. The summed E-state index contributed by atoms with van der Waals surface area (Å²) in [6.45, 7) is 5.94. The van der Waals surface area contributed by atoms with Crippen LogP contribution >= 0.6 is 11.3 Å². The number of nitrogens with zero attached hydrogens (tertiary/aromatic N) is 2. The van der Waals surface area contributed by atoms with Crippen LogP contribution in [0, 0.1) is 6.92 Å². The molecule has 2 N–H and O–H groups in total. The summed E-state index contributed by atoms with van der Waals surface area (Å²) in [5, 5.41) is 14.3. The summed E-state index contributed by atoms with van der Waals surface area (Å²) in [5.74, 6) is -0.408. The van der Waals surface area contributed by atoms with Crippen molar-refractivity contribution in [2.45, 2.75) is 19.8 Å². The Labute approximate surface area is 198 Å². The lowest BCUT2D eigenvalue weighted by Gasteiger charge is -2.20. The van der Waals surface area contributed by atoms with Crippen molar-refractivity contribution in [1.82, 2.24) is 4.90 Å². The molecule has 0 saturated carbocycles. The molecule has 0 atom stereocenters. The number of phenolic OH excluding ortho intramolecular Hbond substituents is 1. The van der Waals surface area contributed by atoms with Crippen LogP contribution in [0.5, 0.6) is 5.75 Å². The monoisotopic (exact) mass is 463 g/mol. The van der Waals surface area contributed by atoms with Crippen LogP contribution in [0.4, 0.5) is 10.7 Å². The Bertz CT molecular complexity index is 1140. The Balaban J connectivity index is 1.49. The maximum absolute atomic E-state index is 13.0. The fourth-order valence-electron chi connectivity index (χ4n) is 3.95. The number of anilines is 2. The molecule has 1 aliphatic rings. The van der Waals surface area contributed by atoms with Gasteiger partial charge in [0.2, 0.25) is 0 Å². The number of para-hydroxylation sites is 1. The number of aryl methyl sites for hydroxylation is 1. The maximum Gasteiger partial charge on any atom is 0.265 e. The Morgan fingerprint density at radius 2 is 1.79 bits per heavy atom. The van der Waals surface area contributed by atoms with Crippen LogP contribution in [-0.2, 0) is 6.42 Å². The third-order valence-electron chi connectivity index (χ3n) is 5.94. The number of likely N-dealkylation sites (N-methyl/N-ethyl adjacent to an activating group) is 1. The van der Waals surface area contributed by atoms with E-state index in [1.807, 2.05) is 31.2 Å². The van der Waals surface area contributed by atoms with Crippen LogP contribution in [0.25, 0.3) is 0 Å². The molecule has 3 aromatic rings. The summed E-state index contributed by atoms with van der Waals surface area (Å²) in [6.07, 6.45) is 1.18. The van der Waals surface area contributed by atoms with E-state index in [0.717, 1.165) is 43.2 Å². The quantitative estimate of drug-likeness (QED) is 0.414. The molecule has 33 heavy (non-hydrogen) atoms. The molecule has 7 heteroatoms. The summed E-state index contributed by atoms with van der Waals surface area (Å²) >= 11 is 1.45. The first-order valence-corrected chi connectivity index (χ1v) is 12.0. The summed E-state index contributed by atoms with van der Waals surface area (Å²) in [6, 6.07) is 16.2. The first-order chi connectivity index (χ1) is 15.9. The zero-order valence-electron chi connectivity index (χ0n) is 19.0. The number of benzene rings is 2. The Morgan fingerprint density at radius 3 is 2.58 bits per heavy atom. The van der Waals surface area contributed by atoms with E-state index in [1.165, 1.54) is 17.4 Å². The lowest BCUT2D eigenvalue weighted by molar-refractivity contribution is 0.0989. The van der Waals surface area contributed by atoms with Gasteiger partial charge in [0.1, 0.15) is 5.75 Å². The number of hydrogen-bond donors (Lipinski definition) is 2. The topological polar surface area (TPSA) is 72.9 Å². The molecule has 1 amide bonds. The van der Waals surface area contributed by atoms with Gasteiger partial charge in [-0.05, 0) is 50.7 Å². The zero-order valence-corrected chi connectivity index (χ0v) is 19.8. The molecular weight excluding hydrogens is 434 g/mol. The fourth-order valence-corrected chi connectivity index (χ4v) is 4.91. The average molecular weight is 464 g/mol. The smallest absolute Gasteiger partial charge is 0.265 e. The molecule has 1 saturated heterocycles. The molecule has 1 aliphatic heterocycles. The van der Waals surface area contributed by atoms with Gasteiger partial charge in [-0.3, -0.25) is 9.59 Å². The fraction of sp³-hybridized carbons (Fsp3) is 0.308. The van der Waals surface area contributed by atoms with Gasteiger partial charge in [0, 0.05) is 31.6 Å². The number of amides is 1. The Kier molecular flexibility index (Phi) is 7.11. The number of ketones is 1. The van der Waals surface area contributed by atoms with Crippen molar-refractivity contribution >= 4 is 33.7 Å². The highest BCUT2D eigenvalue weighted by Gasteiger charge is 2.19. The predicted octanol–water partition coefficient (Wildman–Crippen LogP) is 4.58. The Morgan fingerprint density at radius 1 is 1.00 bits per heavy atom. The number of Topliss-reactive ketones (excluding diaryl/α,β-unsaturated/α-hetero) is 1. The lowest BCUT2D eigenvalue weighted by Crippen LogP contribution is -2.28. The minimum absolute atomic E-state index is 0.0510. The van der Waals surface area contributed by atoms with Crippen LogP contribution in [0.2, 0.25) is 0 Å². The molecule has 1 aromatic heterocycles. The molecule has 6 nitrogen and oxygen atoms in total. The molecule has 4 rings (SSSR count). The van der Waals surface area contributed by atoms with Crippen LogP contribution < -0.4 is 10.2 Å². The molecule has 1 fully saturated rings. The van der Waals surface area contributed by atoms with Crippen LogP contribution in [0.15, 0.2) is 54.6 Å². The second-order valence-corrected chi connectivity index (χ2v) is 9.58. The first-order valence-electron chi connectivity index (χ1n) is 11.2. The number of carbonyl (C=O) groups is 2. The number of phenols is 1. The number of hydrogen-bond acceptors (Lipinski definition) is 6. The van der Waals surface area contributed by atoms with Crippen molar-refractivity contribution in [3.63, 3.8) is 0 Å². The van der Waals surface area contributed by atoms with E-state index in [9.17, 15) is 14.7 Å². The highest BCUT2D eigenvalue weighted by atomic mass is 32.1. The zero-order chi connectivity index (χ0) is 23.4. The second-order valence-electron chi connectivity index (χ2n) is 8.51. The molecule has 0 radical (unpaired) electrons. The minimum Gasteiger partial charge on any atom is -0.506 e. The molecule has 2 aromatic carbocycles. The molecule has 0 aliphatic carbocycles. The van der Waals surface area contributed by atoms with Gasteiger partial charge in [-0.15, -0.1) is 11.3 Å². The van der Waals surface area contributed by atoms with E-state index in [2.05, 4.69) is 22.2 Å². The molecule has 172 valence electrons. The van der Waals surface area contributed by atoms with Crippen molar-refractivity contribution in [2.24, 2.45) is 0 Å². The highest BCUT2D eigenvalue weighted by molar-refractivity contribution is 7.18. The number of thiophene rings is 1. The Hall–Kier alpha value is -3.16. The number of carbonyl (C=O) groups excluding carboxylic acids is 2. The van der Waals surface area contributed by atoms with Gasteiger partial charge in [0.15, 0.2) is 5.78 Å². The van der Waals surface area contributed by atoms with Crippen LogP contribution in [0.1, 0.15) is 37.6 Å². The third-order valence-corrected chi connectivity index (χ3v) is 7.08.